The van der Waals surface area contributed by atoms with Gasteiger partial charge in [-0.1, -0.05) is 31.5 Å². The number of nitrogens with one attached hydrogen (secondary N) is 1. The lowest BCUT2D eigenvalue weighted by molar-refractivity contribution is -0.146. The highest BCUT2D eigenvalue weighted by Crippen LogP contribution is 2.24. The van der Waals surface area contributed by atoms with Gasteiger partial charge >= 0.3 is 5.97 Å². The van der Waals surface area contributed by atoms with Crippen LogP contribution in [0.15, 0.2) is 30.5 Å². The van der Waals surface area contributed by atoms with E-state index >= 15 is 0 Å². The number of nitrogens with zero attached hydrogens (tertiary/aromatic N) is 1. The third-order valence-corrected chi connectivity index (χ3v) is 4.11. The Morgan fingerprint density at radius 1 is 1.30 bits per heavy atom. The van der Waals surface area contributed by atoms with E-state index in [1.54, 1.807) is 0 Å². The smallest absolute Gasteiger partial charge is 0.328 e. The maximum Gasteiger partial charge on any atom is 0.328 e. The van der Waals surface area contributed by atoms with Crippen molar-refractivity contribution in [1.82, 2.24) is 9.88 Å². The number of carbonyl (C=O) groups is 2. The Morgan fingerprint density at radius 2 is 2.04 bits per heavy atom. The number of fused-ring (bicyclic) bond motifs is 1. The van der Waals surface area contributed by atoms with Crippen molar-refractivity contribution in [2.24, 2.45) is 5.92 Å². The van der Waals surface area contributed by atoms with Gasteiger partial charge in [-0.15, -0.1) is 0 Å². The molecule has 0 radical (unpaired) electrons. The predicted octanol–water partition coefficient (Wildman–Crippen LogP) is 3.00. The number of benzene rings is 1. The molecule has 0 unspecified atom stereocenters. The topological polar surface area (TPSA) is 60.3 Å². The molecule has 5 nitrogen and oxygen atoms in total. The van der Waals surface area contributed by atoms with E-state index in [9.17, 15) is 9.59 Å². The molecule has 1 heterocycles. The van der Waals surface area contributed by atoms with Gasteiger partial charge in [-0.2, -0.15) is 0 Å². The molecule has 0 bridgehead atoms. The lowest BCUT2D eigenvalue weighted by Gasteiger charge is -2.19. The number of esters is 1. The molecule has 0 fully saturated rings. The minimum atomic E-state index is -0.622. The van der Waals surface area contributed by atoms with Crippen LogP contribution in [0.2, 0.25) is 5.02 Å². The van der Waals surface area contributed by atoms with Crippen LogP contribution in [0.25, 0.3) is 10.9 Å². The third-order valence-electron chi connectivity index (χ3n) is 3.78. The van der Waals surface area contributed by atoms with E-state index in [2.05, 4.69) is 5.32 Å². The van der Waals surface area contributed by atoms with Crippen LogP contribution in [-0.4, -0.2) is 29.6 Å². The largest absolute Gasteiger partial charge is 0.467 e. The average Bonchev–Trinajstić information content (AvgIpc) is 2.94. The van der Waals surface area contributed by atoms with Gasteiger partial charge in [-0.25, -0.2) is 4.79 Å². The van der Waals surface area contributed by atoms with E-state index in [1.807, 2.05) is 48.9 Å². The third kappa shape index (κ3) is 4.05. The molecule has 2 aromatic rings. The second-order valence-electron chi connectivity index (χ2n) is 5.74. The number of carbonyl (C=O) groups excluding carboxylic acids is 2. The molecule has 124 valence electrons. The van der Waals surface area contributed by atoms with Crippen LogP contribution in [0.4, 0.5) is 0 Å². The first-order chi connectivity index (χ1) is 10.9. The number of ether oxygens (including phenoxy) is 1. The summed E-state index contributed by atoms with van der Waals surface area (Å²) in [5.41, 5.74) is 0.985. The highest BCUT2D eigenvalue weighted by atomic mass is 35.5. The Labute approximate surface area is 140 Å². The maximum atomic E-state index is 12.1. The van der Waals surface area contributed by atoms with E-state index in [4.69, 9.17) is 16.3 Å². The van der Waals surface area contributed by atoms with Gasteiger partial charge in [0.1, 0.15) is 6.04 Å². The molecule has 0 aliphatic rings. The van der Waals surface area contributed by atoms with Crippen LogP contribution < -0.4 is 5.32 Å². The molecule has 1 amide bonds. The summed E-state index contributed by atoms with van der Waals surface area (Å²) < 4.78 is 6.70. The van der Waals surface area contributed by atoms with Gasteiger partial charge in [0.25, 0.3) is 0 Å². The molecular formula is C17H21ClN2O3. The minimum absolute atomic E-state index is 0.0300. The van der Waals surface area contributed by atoms with Gasteiger partial charge in [0.15, 0.2) is 0 Å². The SMILES string of the molecule is COC(=O)[C@H](NC(=O)CCn1ccc2c(Cl)cccc21)C(C)C. The molecule has 23 heavy (non-hydrogen) atoms. The van der Waals surface area contributed by atoms with Crippen molar-refractivity contribution >= 4 is 34.4 Å². The van der Waals surface area contributed by atoms with Gasteiger partial charge in [-0.3, -0.25) is 4.79 Å². The Morgan fingerprint density at radius 3 is 2.70 bits per heavy atom. The number of hydrogen-bond acceptors (Lipinski definition) is 3. The number of aromatic nitrogens is 1. The van der Waals surface area contributed by atoms with Gasteiger partial charge in [0.2, 0.25) is 5.91 Å². The maximum absolute atomic E-state index is 12.1. The van der Waals surface area contributed by atoms with Crippen LogP contribution >= 0.6 is 11.6 Å². The molecule has 1 aromatic heterocycles. The molecule has 0 aliphatic carbocycles. The molecule has 6 heteroatoms. The van der Waals surface area contributed by atoms with Gasteiger partial charge < -0.3 is 14.6 Å². The first kappa shape index (κ1) is 17.3. The molecular weight excluding hydrogens is 316 g/mol. The van der Waals surface area contributed by atoms with Crippen LogP contribution in [0.3, 0.4) is 0 Å². The fourth-order valence-corrected chi connectivity index (χ4v) is 2.71. The zero-order chi connectivity index (χ0) is 17.0. The van der Waals surface area contributed by atoms with Crippen molar-refractivity contribution in [1.29, 1.82) is 0 Å². The monoisotopic (exact) mass is 336 g/mol. The van der Waals surface area contributed by atoms with Gasteiger partial charge in [0, 0.05) is 35.1 Å². The van der Waals surface area contributed by atoms with E-state index in [0.717, 1.165) is 10.9 Å². The Bertz CT molecular complexity index is 709. The lowest BCUT2D eigenvalue weighted by Crippen LogP contribution is -2.45. The van der Waals surface area contributed by atoms with Crippen molar-refractivity contribution in [2.45, 2.75) is 32.9 Å². The molecule has 0 saturated carbocycles. The van der Waals surface area contributed by atoms with Crippen molar-refractivity contribution < 1.29 is 14.3 Å². The molecule has 0 spiro atoms. The summed E-state index contributed by atoms with van der Waals surface area (Å²) in [5, 5.41) is 4.39. The predicted molar refractivity (Wildman–Crippen MR) is 90.3 cm³/mol. The summed E-state index contributed by atoms with van der Waals surface area (Å²) in [6.45, 7) is 4.24. The number of hydrogen-bond donors (Lipinski definition) is 1. The first-order valence-corrected chi connectivity index (χ1v) is 7.92. The Hall–Kier alpha value is -2.01. The van der Waals surface area contributed by atoms with Crippen molar-refractivity contribution in [2.75, 3.05) is 7.11 Å². The summed E-state index contributed by atoms with van der Waals surface area (Å²) in [5.74, 6) is -0.637. The second-order valence-corrected chi connectivity index (χ2v) is 6.15. The van der Waals surface area contributed by atoms with Crippen molar-refractivity contribution in [3.8, 4) is 0 Å². The number of aryl methyl sites for hydroxylation is 1. The number of rotatable bonds is 6. The fraction of sp³-hybridized carbons (Fsp3) is 0.412. The molecule has 0 aliphatic heterocycles. The number of halogens is 1. The zero-order valence-electron chi connectivity index (χ0n) is 13.5. The second kappa shape index (κ2) is 7.51. The first-order valence-electron chi connectivity index (χ1n) is 7.54. The molecule has 1 atom stereocenters. The van der Waals surface area contributed by atoms with Crippen LogP contribution in [0.1, 0.15) is 20.3 Å². The summed E-state index contributed by atoms with van der Waals surface area (Å²) in [4.78, 5) is 23.8. The Balaban J connectivity index is 2.00. The fourth-order valence-electron chi connectivity index (χ4n) is 2.47. The van der Waals surface area contributed by atoms with Gasteiger partial charge in [0.05, 0.1) is 7.11 Å². The summed E-state index contributed by atoms with van der Waals surface area (Å²) in [7, 11) is 1.32. The molecule has 1 N–H and O–H groups in total. The normalized spacial score (nSPS) is 12.4. The molecule has 2 rings (SSSR count). The van der Waals surface area contributed by atoms with E-state index in [0.29, 0.717) is 11.6 Å². The number of amides is 1. The lowest BCUT2D eigenvalue weighted by atomic mass is 10.0. The average molecular weight is 337 g/mol. The number of methoxy groups -OCH3 is 1. The molecule has 0 saturated heterocycles. The minimum Gasteiger partial charge on any atom is -0.467 e. The molecule has 1 aromatic carbocycles. The quantitative estimate of drug-likeness (QED) is 0.825. The van der Waals surface area contributed by atoms with E-state index in [-0.39, 0.29) is 18.2 Å². The summed E-state index contributed by atoms with van der Waals surface area (Å²) in [6.07, 6.45) is 2.18. The van der Waals surface area contributed by atoms with Crippen molar-refractivity contribution in [3.05, 3.63) is 35.5 Å². The standard InChI is InChI=1S/C17H21ClN2O3/c1-11(2)16(17(22)23-3)19-15(21)8-10-20-9-7-12-13(18)5-4-6-14(12)20/h4-7,9,11,16H,8,10H2,1-3H3,(H,19,21)/t16-/m1/s1. The van der Waals surface area contributed by atoms with E-state index in [1.165, 1.54) is 7.11 Å². The highest BCUT2D eigenvalue weighted by Gasteiger charge is 2.24. The zero-order valence-corrected chi connectivity index (χ0v) is 14.3. The van der Waals surface area contributed by atoms with E-state index < -0.39 is 12.0 Å². The van der Waals surface area contributed by atoms with Crippen LogP contribution in [0.5, 0.6) is 0 Å². The Kier molecular flexibility index (Phi) is 5.66. The van der Waals surface area contributed by atoms with Crippen LogP contribution in [-0.2, 0) is 20.9 Å². The summed E-state index contributed by atoms with van der Waals surface area (Å²) in [6, 6.07) is 6.99. The summed E-state index contributed by atoms with van der Waals surface area (Å²) >= 11 is 6.14. The van der Waals surface area contributed by atoms with Crippen molar-refractivity contribution in [3.63, 3.8) is 0 Å². The van der Waals surface area contributed by atoms with Crippen LogP contribution in [0, 0.1) is 5.92 Å². The highest BCUT2D eigenvalue weighted by molar-refractivity contribution is 6.35. The van der Waals surface area contributed by atoms with Gasteiger partial charge in [-0.05, 0) is 24.1 Å².